The summed E-state index contributed by atoms with van der Waals surface area (Å²) in [4.78, 5) is 10.9. The van der Waals surface area contributed by atoms with Crippen molar-refractivity contribution in [2.24, 2.45) is 0 Å². The third kappa shape index (κ3) is 3.52. The van der Waals surface area contributed by atoms with E-state index in [0.717, 1.165) is 11.1 Å². The number of benzene rings is 2. The third-order valence-electron chi connectivity index (χ3n) is 2.87. The molecule has 3 nitrogen and oxygen atoms in total. The van der Waals surface area contributed by atoms with Crippen LogP contribution in [0.1, 0.15) is 16.7 Å². The molecule has 0 saturated carbocycles. The number of hydrogen-bond acceptors (Lipinski definition) is 2. The molecule has 20 heavy (non-hydrogen) atoms. The van der Waals surface area contributed by atoms with Gasteiger partial charge in [0.1, 0.15) is 11.5 Å². The molecule has 0 spiro atoms. The molecule has 0 aliphatic rings. The average Bonchev–Trinajstić information content (AvgIpc) is 2.35. The van der Waals surface area contributed by atoms with Crippen molar-refractivity contribution in [2.75, 3.05) is 0 Å². The van der Waals surface area contributed by atoms with Crippen molar-refractivity contribution >= 4 is 17.6 Å². The summed E-state index contributed by atoms with van der Waals surface area (Å²) in [7, 11) is 0. The second-order valence-corrected chi connectivity index (χ2v) is 5.12. The summed E-state index contributed by atoms with van der Waals surface area (Å²) in [6.45, 7) is 3.87. The van der Waals surface area contributed by atoms with E-state index < -0.39 is 5.97 Å². The van der Waals surface area contributed by atoms with Crippen molar-refractivity contribution in [3.05, 3.63) is 58.1 Å². The average molecular weight is 291 g/mol. The molecule has 2 aromatic rings. The van der Waals surface area contributed by atoms with Crippen LogP contribution in [0.25, 0.3) is 0 Å². The highest BCUT2D eigenvalue weighted by Crippen LogP contribution is 2.32. The summed E-state index contributed by atoms with van der Waals surface area (Å²) >= 11 is 6.14. The van der Waals surface area contributed by atoms with Gasteiger partial charge in [-0.3, -0.25) is 4.79 Å². The summed E-state index contributed by atoms with van der Waals surface area (Å²) < 4.78 is 5.78. The Hall–Kier alpha value is -2.00. The normalized spacial score (nSPS) is 10.3. The fourth-order valence-corrected chi connectivity index (χ4v) is 2.15. The number of rotatable bonds is 4. The molecule has 0 aliphatic carbocycles. The fourth-order valence-electron chi connectivity index (χ4n) is 1.87. The monoisotopic (exact) mass is 290 g/mol. The lowest BCUT2D eigenvalue weighted by Crippen LogP contribution is -2.02. The van der Waals surface area contributed by atoms with Crippen LogP contribution in [0.5, 0.6) is 11.5 Å². The van der Waals surface area contributed by atoms with Crippen LogP contribution >= 0.6 is 11.6 Å². The van der Waals surface area contributed by atoms with Crippen LogP contribution < -0.4 is 4.74 Å². The fraction of sp³-hybridized carbons (Fsp3) is 0.188. The van der Waals surface area contributed by atoms with Crippen molar-refractivity contribution in [3.63, 3.8) is 0 Å². The van der Waals surface area contributed by atoms with Crippen molar-refractivity contribution < 1.29 is 14.6 Å². The Bertz CT molecular complexity index is 650. The van der Waals surface area contributed by atoms with Gasteiger partial charge in [-0.2, -0.15) is 0 Å². The van der Waals surface area contributed by atoms with Crippen LogP contribution in [0.15, 0.2) is 36.4 Å². The minimum Gasteiger partial charge on any atom is -0.481 e. The smallest absolute Gasteiger partial charge is 0.307 e. The van der Waals surface area contributed by atoms with E-state index in [2.05, 4.69) is 0 Å². The molecule has 0 fully saturated rings. The summed E-state index contributed by atoms with van der Waals surface area (Å²) in [6.07, 6.45) is -0.0842. The van der Waals surface area contributed by atoms with E-state index >= 15 is 0 Å². The maximum atomic E-state index is 10.9. The summed E-state index contributed by atoms with van der Waals surface area (Å²) in [5.74, 6) is 0.154. The number of carbonyl (C=O) groups is 1. The number of carboxylic acid groups (broad SMARTS) is 1. The molecule has 0 bridgehead atoms. The Balaban J connectivity index is 2.36. The quantitative estimate of drug-likeness (QED) is 0.909. The van der Waals surface area contributed by atoms with Crippen LogP contribution in [-0.4, -0.2) is 11.1 Å². The topological polar surface area (TPSA) is 46.5 Å². The van der Waals surface area contributed by atoms with E-state index in [0.29, 0.717) is 22.1 Å². The minimum absolute atomic E-state index is 0.0842. The van der Waals surface area contributed by atoms with Gasteiger partial charge in [-0.15, -0.1) is 0 Å². The predicted molar refractivity (Wildman–Crippen MR) is 78.8 cm³/mol. The molecule has 0 atom stereocenters. The predicted octanol–water partition coefficient (Wildman–Crippen LogP) is 4.38. The molecule has 2 aromatic carbocycles. The minimum atomic E-state index is -0.895. The molecule has 0 saturated heterocycles. The van der Waals surface area contributed by atoms with E-state index in [4.69, 9.17) is 21.4 Å². The number of hydrogen-bond donors (Lipinski definition) is 1. The number of carboxylic acids is 1. The highest BCUT2D eigenvalue weighted by Gasteiger charge is 2.11. The van der Waals surface area contributed by atoms with Gasteiger partial charge in [-0.25, -0.2) is 0 Å². The number of aliphatic carboxylic acids is 1. The molecule has 0 amide bonds. The number of aryl methyl sites for hydroxylation is 2. The summed E-state index contributed by atoms with van der Waals surface area (Å²) in [5.41, 5.74) is 2.66. The lowest BCUT2D eigenvalue weighted by atomic mass is 10.1. The van der Waals surface area contributed by atoms with Gasteiger partial charge in [0.25, 0.3) is 0 Å². The first kappa shape index (κ1) is 14.4. The first-order chi connectivity index (χ1) is 9.45. The van der Waals surface area contributed by atoms with E-state index in [-0.39, 0.29) is 6.42 Å². The van der Waals surface area contributed by atoms with Gasteiger partial charge in [-0.05, 0) is 43.2 Å². The molecular formula is C16H15ClO3. The zero-order chi connectivity index (χ0) is 14.7. The van der Waals surface area contributed by atoms with Crippen LogP contribution in [0, 0.1) is 13.8 Å². The standard InChI is InChI=1S/C16H15ClO3/c1-10-4-6-14(13(17)7-10)20-15-8-11(2)3-5-12(15)9-16(18)19/h3-8H,9H2,1-2H3,(H,18,19). The zero-order valence-electron chi connectivity index (χ0n) is 11.3. The molecule has 4 heteroatoms. The van der Waals surface area contributed by atoms with Gasteiger partial charge >= 0.3 is 5.97 Å². The van der Waals surface area contributed by atoms with Crippen LogP contribution in [0.3, 0.4) is 0 Å². The highest BCUT2D eigenvalue weighted by atomic mass is 35.5. The first-order valence-electron chi connectivity index (χ1n) is 6.21. The summed E-state index contributed by atoms with van der Waals surface area (Å²) in [5, 5.41) is 9.44. The Morgan fingerprint density at radius 3 is 2.40 bits per heavy atom. The maximum Gasteiger partial charge on any atom is 0.307 e. The van der Waals surface area contributed by atoms with Crippen LogP contribution in [0.4, 0.5) is 0 Å². The Labute approximate surface area is 122 Å². The zero-order valence-corrected chi connectivity index (χ0v) is 12.1. The van der Waals surface area contributed by atoms with Gasteiger partial charge in [0.05, 0.1) is 11.4 Å². The molecule has 2 rings (SSSR count). The molecule has 104 valence electrons. The lowest BCUT2D eigenvalue weighted by Gasteiger charge is -2.12. The van der Waals surface area contributed by atoms with Crippen molar-refractivity contribution in [2.45, 2.75) is 20.3 Å². The SMILES string of the molecule is Cc1ccc(Oc2cc(C)ccc2CC(=O)O)c(Cl)c1. The maximum absolute atomic E-state index is 10.9. The molecule has 1 N–H and O–H groups in total. The van der Waals surface area contributed by atoms with Gasteiger partial charge < -0.3 is 9.84 Å². The molecular weight excluding hydrogens is 276 g/mol. The van der Waals surface area contributed by atoms with E-state index in [1.165, 1.54) is 0 Å². The second kappa shape index (κ2) is 5.97. The Kier molecular flexibility index (Phi) is 4.30. The van der Waals surface area contributed by atoms with Gasteiger partial charge in [0.15, 0.2) is 0 Å². The second-order valence-electron chi connectivity index (χ2n) is 4.72. The van der Waals surface area contributed by atoms with Crippen molar-refractivity contribution in [3.8, 4) is 11.5 Å². The van der Waals surface area contributed by atoms with E-state index in [9.17, 15) is 4.79 Å². The van der Waals surface area contributed by atoms with Gasteiger partial charge in [0.2, 0.25) is 0 Å². The number of halogens is 1. The van der Waals surface area contributed by atoms with Gasteiger partial charge in [-0.1, -0.05) is 29.8 Å². The molecule has 0 aromatic heterocycles. The lowest BCUT2D eigenvalue weighted by molar-refractivity contribution is -0.136. The van der Waals surface area contributed by atoms with Crippen LogP contribution in [0.2, 0.25) is 5.02 Å². The molecule has 0 radical (unpaired) electrons. The molecule has 0 unspecified atom stereocenters. The van der Waals surface area contributed by atoms with Gasteiger partial charge in [0, 0.05) is 5.56 Å². The number of ether oxygens (including phenoxy) is 1. The Morgan fingerprint density at radius 1 is 1.10 bits per heavy atom. The van der Waals surface area contributed by atoms with Crippen molar-refractivity contribution in [1.82, 2.24) is 0 Å². The van der Waals surface area contributed by atoms with E-state index in [1.807, 2.05) is 38.1 Å². The largest absolute Gasteiger partial charge is 0.481 e. The van der Waals surface area contributed by atoms with E-state index in [1.54, 1.807) is 12.1 Å². The highest BCUT2D eigenvalue weighted by molar-refractivity contribution is 6.32. The molecule has 0 heterocycles. The summed E-state index contributed by atoms with van der Waals surface area (Å²) in [6, 6.07) is 10.9. The first-order valence-corrected chi connectivity index (χ1v) is 6.59. The van der Waals surface area contributed by atoms with Crippen LogP contribution in [-0.2, 0) is 11.2 Å². The molecule has 0 aliphatic heterocycles. The van der Waals surface area contributed by atoms with Crippen molar-refractivity contribution in [1.29, 1.82) is 0 Å². The third-order valence-corrected chi connectivity index (χ3v) is 3.17. The Morgan fingerprint density at radius 2 is 1.75 bits per heavy atom.